The van der Waals surface area contributed by atoms with Crippen LogP contribution >= 0.6 is 34.7 Å². The topological polar surface area (TPSA) is 29.1 Å². The molecular weight excluding hydrogens is 406 g/mol. The highest BCUT2D eigenvalue weighted by atomic mass is 35.5. The summed E-state index contributed by atoms with van der Waals surface area (Å²) in [7, 11) is 0. The van der Waals surface area contributed by atoms with Crippen molar-refractivity contribution in [3.05, 3.63) is 92.8 Å². The third-order valence-electron chi connectivity index (χ3n) is 5.33. The fourth-order valence-electron chi connectivity index (χ4n) is 3.99. The van der Waals surface area contributed by atoms with Crippen molar-refractivity contribution >= 4 is 46.2 Å². The highest BCUT2D eigenvalue weighted by Crippen LogP contribution is 2.52. The Bertz CT molecular complexity index is 1060. The van der Waals surface area contributed by atoms with Crippen molar-refractivity contribution in [1.82, 2.24) is 0 Å². The molecule has 1 aliphatic heterocycles. The number of nitrogens with one attached hydrogen (secondary N) is 1. The molecule has 2 aliphatic rings. The van der Waals surface area contributed by atoms with Crippen molar-refractivity contribution in [2.75, 3.05) is 5.32 Å². The lowest BCUT2D eigenvalue weighted by Crippen LogP contribution is -2.23. The molecule has 2 heterocycles. The van der Waals surface area contributed by atoms with Crippen LogP contribution in [0.2, 0.25) is 5.02 Å². The van der Waals surface area contributed by atoms with Crippen LogP contribution in [0.15, 0.2) is 82.2 Å². The smallest absolute Gasteiger partial charge is 0.162 e. The number of hydrogen-bond acceptors (Lipinski definition) is 4. The highest BCUT2D eigenvalue weighted by Gasteiger charge is 2.36. The normalized spacial score (nSPS) is 21.5. The molecule has 0 amide bonds. The molecule has 2 nitrogen and oxygen atoms in total. The second kappa shape index (κ2) is 7.43. The van der Waals surface area contributed by atoms with E-state index in [1.54, 1.807) is 23.1 Å². The van der Waals surface area contributed by atoms with Gasteiger partial charge in [0.05, 0.1) is 10.9 Å². The Balaban J connectivity index is 1.59. The zero-order valence-electron chi connectivity index (χ0n) is 15.0. The van der Waals surface area contributed by atoms with E-state index in [0.29, 0.717) is 6.42 Å². The van der Waals surface area contributed by atoms with Crippen LogP contribution in [0.3, 0.4) is 0 Å². The molecule has 1 aromatic heterocycles. The maximum atomic E-state index is 13.4. The average molecular weight is 424 g/mol. The van der Waals surface area contributed by atoms with Gasteiger partial charge in [-0.2, -0.15) is 0 Å². The Kier molecular flexibility index (Phi) is 4.79. The number of carbonyl (C=O) groups excluding carboxylic acids is 1. The lowest BCUT2D eigenvalue weighted by molar-refractivity contribution is -0.116. The van der Waals surface area contributed by atoms with Gasteiger partial charge in [-0.3, -0.25) is 4.79 Å². The Morgan fingerprint density at radius 3 is 2.57 bits per heavy atom. The number of rotatable bonds is 2. The average Bonchev–Trinajstić information content (AvgIpc) is 3.17. The number of carbonyl (C=O) groups is 1. The van der Waals surface area contributed by atoms with Crippen molar-refractivity contribution in [2.45, 2.75) is 28.9 Å². The van der Waals surface area contributed by atoms with E-state index in [4.69, 9.17) is 11.6 Å². The van der Waals surface area contributed by atoms with E-state index in [9.17, 15) is 4.79 Å². The third-order valence-corrected chi connectivity index (χ3v) is 8.00. The number of thioether (sulfide) groups is 1. The first kappa shape index (κ1) is 18.0. The van der Waals surface area contributed by atoms with E-state index in [1.807, 2.05) is 30.3 Å². The summed E-state index contributed by atoms with van der Waals surface area (Å²) >= 11 is 9.55. The summed E-state index contributed by atoms with van der Waals surface area (Å²) in [4.78, 5) is 15.8. The molecule has 3 aromatic rings. The maximum Gasteiger partial charge on any atom is 0.162 e. The van der Waals surface area contributed by atoms with Gasteiger partial charge in [0.2, 0.25) is 0 Å². The van der Waals surface area contributed by atoms with Gasteiger partial charge in [0.1, 0.15) is 0 Å². The SMILES string of the molecule is O=C1CC(c2ccc(Cl)cc2)CC2=C1C(c1cccs1)Sc1ccccc1N2. The molecule has 0 saturated heterocycles. The van der Waals surface area contributed by atoms with E-state index in [-0.39, 0.29) is 17.0 Å². The van der Waals surface area contributed by atoms with E-state index in [2.05, 4.69) is 41.0 Å². The molecular formula is C23H18ClNOS2. The molecule has 1 aliphatic carbocycles. The molecule has 0 radical (unpaired) electrons. The predicted molar refractivity (Wildman–Crippen MR) is 118 cm³/mol. The summed E-state index contributed by atoms with van der Waals surface area (Å²) in [5, 5.41) is 6.47. The van der Waals surface area contributed by atoms with E-state index >= 15 is 0 Å². The summed E-state index contributed by atoms with van der Waals surface area (Å²) in [6.45, 7) is 0. The number of para-hydroxylation sites is 1. The standard InChI is InChI=1S/C23H18ClNOS2/c24-16-9-7-14(8-10-16)15-12-18-22(19(26)13-15)23(21-6-3-11-27-21)28-20-5-2-1-4-17(20)25-18/h1-11,15,23,25H,12-13H2. The molecule has 5 rings (SSSR count). The van der Waals surface area contributed by atoms with Crippen molar-refractivity contribution in [1.29, 1.82) is 0 Å². The first-order chi connectivity index (χ1) is 13.7. The molecule has 0 fully saturated rings. The number of thiophene rings is 1. The quantitative estimate of drug-likeness (QED) is 0.478. The largest absolute Gasteiger partial charge is 0.358 e. The fourth-order valence-corrected chi connectivity index (χ4v) is 6.38. The van der Waals surface area contributed by atoms with Crippen molar-refractivity contribution in [3.8, 4) is 0 Å². The third kappa shape index (κ3) is 3.30. The van der Waals surface area contributed by atoms with Crippen LogP contribution in [0.25, 0.3) is 0 Å². The van der Waals surface area contributed by atoms with E-state index < -0.39 is 0 Å². The minimum atomic E-state index is 0.0461. The molecule has 0 spiro atoms. The number of hydrogen-bond donors (Lipinski definition) is 1. The Hall–Kier alpha value is -2.01. The van der Waals surface area contributed by atoms with Gasteiger partial charge in [0.25, 0.3) is 0 Å². The van der Waals surface area contributed by atoms with Crippen LogP contribution in [0.5, 0.6) is 0 Å². The summed E-state index contributed by atoms with van der Waals surface area (Å²) in [5.74, 6) is 0.419. The van der Waals surface area contributed by atoms with Gasteiger partial charge in [0.15, 0.2) is 5.78 Å². The molecule has 1 N–H and O–H groups in total. The molecule has 0 bridgehead atoms. The molecule has 5 heteroatoms. The summed E-state index contributed by atoms with van der Waals surface area (Å²) < 4.78 is 0. The van der Waals surface area contributed by atoms with Crippen molar-refractivity contribution in [2.24, 2.45) is 0 Å². The summed E-state index contributed by atoms with van der Waals surface area (Å²) in [6.07, 6.45) is 1.38. The lowest BCUT2D eigenvalue weighted by Gasteiger charge is -2.29. The van der Waals surface area contributed by atoms with Gasteiger partial charge in [-0.05, 0) is 53.6 Å². The predicted octanol–water partition coefficient (Wildman–Crippen LogP) is 7.06. The fraction of sp³-hybridized carbons (Fsp3) is 0.174. The van der Waals surface area contributed by atoms with Crippen LogP contribution in [0.4, 0.5) is 5.69 Å². The zero-order valence-corrected chi connectivity index (χ0v) is 17.4. The van der Waals surface area contributed by atoms with Gasteiger partial charge in [-0.15, -0.1) is 23.1 Å². The number of ketones is 1. The molecule has 2 atom stereocenters. The number of Topliss-reactive ketones (excluding diaryl/α,β-unsaturated/α-hetero) is 1. The van der Waals surface area contributed by atoms with Gasteiger partial charge in [0, 0.05) is 32.5 Å². The van der Waals surface area contributed by atoms with E-state index in [1.165, 1.54) is 15.3 Å². The zero-order chi connectivity index (χ0) is 19.1. The lowest BCUT2D eigenvalue weighted by atomic mass is 9.80. The van der Waals surface area contributed by atoms with Crippen LogP contribution in [0, 0.1) is 0 Å². The molecule has 2 aromatic carbocycles. The maximum absolute atomic E-state index is 13.4. The molecule has 0 saturated carbocycles. The van der Waals surface area contributed by atoms with Crippen LogP contribution in [0.1, 0.15) is 34.5 Å². The van der Waals surface area contributed by atoms with E-state index in [0.717, 1.165) is 28.4 Å². The van der Waals surface area contributed by atoms with Crippen molar-refractivity contribution < 1.29 is 4.79 Å². The van der Waals surface area contributed by atoms with Crippen LogP contribution in [-0.4, -0.2) is 5.78 Å². The first-order valence-corrected chi connectivity index (χ1v) is 11.4. The number of fused-ring (bicyclic) bond motifs is 1. The molecule has 28 heavy (non-hydrogen) atoms. The highest BCUT2D eigenvalue weighted by molar-refractivity contribution is 8.00. The number of benzene rings is 2. The van der Waals surface area contributed by atoms with Gasteiger partial charge in [-0.25, -0.2) is 0 Å². The second-order valence-corrected chi connectivity index (χ2v) is 9.67. The Morgan fingerprint density at radius 2 is 1.79 bits per heavy atom. The van der Waals surface area contributed by atoms with Gasteiger partial charge < -0.3 is 5.32 Å². The second-order valence-electron chi connectivity index (χ2n) is 7.11. The summed E-state index contributed by atoms with van der Waals surface area (Å²) in [6, 6.07) is 20.4. The molecule has 140 valence electrons. The van der Waals surface area contributed by atoms with Crippen LogP contribution in [-0.2, 0) is 4.79 Å². The number of anilines is 1. The molecule has 2 unspecified atom stereocenters. The van der Waals surface area contributed by atoms with Gasteiger partial charge >= 0.3 is 0 Å². The number of halogens is 1. The summed E-state index contributed by atoms with van der Waals surface area (Å²) in [5.41, 5.74) is 4.26. The van der Waals surface area contributed by atoms with Crippen molar-refractivity contribution in [3.63, 3.8) is 0 Å². The monoisotopic (exact) mass is 423 g/mol. The minimum Gasteiger partial charge on any atom is -0.358 e. The van der Waals surface area contributed by atoms with Gasteiger partial charge in [-0.1, -0.05) is 41.9 Å². The Morgan fingerprint density at radius 1 is 0.964 bits per heavy atom. The first-order valence-electron chi connectivity index (χ1n) is 9.27. The van der Waals surface area contributed by atoms with Crippen LogP contribution < -0.4 is 5.32 Å². The minimum absolute atomic E-state index is 0.0461. The Labute approximate surface area is 177 Å². The number of allylic oxidation sites excluding steroid dienone is 1.